The average Bonchev–Trinajstić information content (AvgIpc) is 2.26. The van der Waals surface area contributed by atoms with Crippen LogP contribution in [0.15, 0.2) is 0 Å². The van der Waals surface area contributed by atoms with Crippen molar-refractivity contribution in [3.63, 3.8) is 0 Å². The Kier molecular flexibility index (Phi) is 7.91. The van der Waals surface area contributed by atoms with Gasteiger partial charge in [0.2, 0.25) is 0 Å². The first-order valence-electron chi connectivity index (χ1n) is 5.47. The highest BCUT2D eigenvalue weighted by Gasteiger charge is 2.12. The number of esters is 1. The van der Waals surface area contributed by atoms with E-state index < -0.39 is 6.04 Å². The molecule has 15 heavy (non-hydrogen) atoms. The van der Waals surface area contributed by atoms with Gasteiger partial charge in [0.1, 0.15) is 11.8 Å². The van der Waals surface area contributed by atoms with E-state index >= 15 is 0 Å². The van der Waals surface area contributed by atoms with Crippen LogP contribution in [-0.4, -0.2) is 24.9 Å². The van der Waals surface area contributed by atoms with Gasteiger partial charge < -0.3 is 10.5 Å². The topological polar surface area (TPSA) is 69.4 Å². The number of hydrogen-bond donors (Lipinski definition) is 1. The fourth-order valence-electron chi connectivity index (χ4n) is 1.31. The largest absolute Gasteiger partial charge is 0.468 e. The van der Waals surface area contributed by atoms with E-state index in [-0.39, 0.29) is 5.97 Å². The quantitative estimate of drug-likeness (QED) is 0.491. The van der Waals surface area contributed by atoms with Crippen LogP contribution in [0.1, 0.15) is 45.4 Å². The van der Waals surface area contributed by atoms with Crippen LogP contribution >= 0.6 is 0 Å². The summed E-state index contributed by atoms with van der Waals surface area (Å²) in [5.74, 6) is -0.0631. The molecular formula is C11H21NO3. The number of Topliss-reactive ketones (excluding diaryl/α,β-unsaturated/α-hetero) is 1. The average molecular weight is 215 g/mol. The van der Waals surface area contributed by atoms with Crippen molar-refractivity contribution in [1.82, 2.24) is 0 Å². The molecule has 1 atom stereocenters. The number of methoxy groups -OCH3 is 1. The first kappa shape index (κ1) is 14.1. The summed E-state index contributed by atoms with van der Waals surface area (Å²) in [6, 6.07) is -0.517. The van der Waals surface area contributed by atoms with Crippen LogP contribution in [0.25, 0.3) is 0 Å². The standard InChI is InChI=1S/C11H21NO3/c1-3-9(13)7-5-4-6-8-10(12)11(14)15-2/h10H,3-8,12H2,1-2H3. The monoisotopic (exact) mass is 215 g/mol. The summed E-state index contributed by atoms with van der Waals surface area (Å²) in [6.45, 7) is 1.87. The van der Waals surface area contributed by atoms with Crippen LogP contribution in [0.5, 0.6) is 0 Å². The SMILES string of the molecule is CCC(=O)CCCCCC(N)C(=O)OC. The van der Waals surface area contributed by atoms with E-state index in [1.54, 1.807) is 0 Å². The molecule has 0 saturated carbocycles. The molecule has 0 aliphatic carbocycles. The Balaban J connectivity index is 3.38. The Labute approximate surface area is 91.2 Å². The Bertz CT molecular complexity index is 204. The third-order valence-electron chi connectivity index (χ3n) is 2.37. The second kappa shape index (κ2) is 8.41. The predicted octanol–water partition coefficient (Wildman–Crippen LogP) is 1.42. The molecule has 0 aromatic rings. The van der Waals surface area contributed by atoms with E-state index in [1.807, 2.05) is 6.92 Å². The van der Waals surface area contributed by atoms with Crippen molar-refractivity contribution in [3.05, 3.63) is 0 Å². The van der Waals surface area contributed by atoms with Crippen molar-refractivity contribution in [2.24, 2.45) is 5.73 Å². The van der Waals surface area contributed by atoms with Crippen LogP contribution in [-0.2, 0) is 14.3 Å². The lowest BCUT2D eigenvalue weighted by Crippen LogP contribution is -2.31. The molecule has 0 bridgehead atoms. The number of carbonyl (C=O) groups excluding carboxylic acids is 2. The van der Waals surface area contributed by atoms with Crippen molar-refractivity contribution in [3.8, 4) is 0 Å². The molecule has 4 nitrogen and oxygen atoms in total. The molecule has 0 heterocycles. The molecule has 0 aliphatic rings. The molecule has 0 aromatic heterocycles. The Morgan fingerprint density at radius 1 is 1.27 bits per heavy atom. The maximum absolute atomic E-state index is 11.0. The summed E-state index contributed by atoms with van der Waals surface area (Å²) in [7, 11) is 1.34. The highest BCUT2D eigenvalue weighted by Crippen LogP contribution is 2.06. The Morgan fingerprint density at radius 3 is 2.47 bits per heavy atom. The third kappa shape index (κ3) is 7.08. The maximum Gasteiger partial charge on any atom is 0.322 e. The second-order valence-electron chi connectivity index (χ2n) is 3.62. The molecule has 0 saturated heterocycles. The smallest absolute Gasteiger partial charge is 0.322 e. The first-order chi connectivity index (χ1) is 7.11. The van der Waals surface area contributed by atoms with Crippen molar-refractivity contribution in [2.45, 2.75) is 51.5 Å². The molecule has 0 aliphatic heterocycles. The molecular weight excluding hydrogens is 194 g/mol. The van der Waals surface area contributed by atoms with Crippen LogP contribution in [0.3, 0.4) is 0 Å². The number of ether oxygens (including phenoxy) is 1. The zero-order valence-electron chi connectivity index (χ0n) is 9.62. The molecule has 2 N–H and O–H groups in total. The number of rotatable bonds is 8. The summed E-state index contributed by atoms with van der Waals surface area (Å²) in [4.78, 5) is 21.9. The van der Waals surface area contributed by atoms with Gasteiger partial charge in [-0.25, -0.2) is 0 Å². The molecule has 0 amide bonds. The first-order valence-corrected chi connectivity index (χ1v) is 5.47. The number of nitrogens with two attached hydrogens (primary N) is 1. The molecule has 0 radical (unpaired) electrons. The minimum atomic E-state index is -0.517. The second-order valence-corrected chi connectivity index (χ2v) is 3.62. The van der Waals surface area contributed by atoms with Gasteiger partial charge in [-0.2, -0.15) is 0 Å². The van der Waals surface area contributed by atoms with Crippen molar-refractivity contribution in [2.75, 3.05) is 7.11 Å². The van der Waals surface area contributed by atoms with Gasteiger partial charge in [-0.15, -0.1) is 0 Å². The fraction of sp³-hybridized carbons (Fsp3) is 0.818. The van der Waals surface area contributed by atoms with Gasteiger partial charge in [0, 0.05) is 12.8 Å². The Morgan fingerprint density at radius 2 is 1.93 bits per heavy atom. The van der Waals surface area contributed by atoms with Crippen LogP contribution in [0, 0.1) is 0 Å². The summed E-state index contributed by atoms with van der Waals surface area (Å²) >= 11 is 0. The van der Waals surface area contributed by atoms with E-state index in [0.717, 1.165) is 19.3 Å². The minimum absolute atomic E-state index is 0.298. The molecule has 1 unspecified atom stereocenters. The van der Waals surface area contributed by atoms with Gasteiger partial charge in [0.15, 0.2) is 0 Å². The molecule has 88 valence electrons. The summed E-state index contributed by atoms with van der Waals surface area (Å²) in [6.07, 6.45) is 4.59. The molecule has 0 aromatic carbocycles. The van der Waals surface area contributed by atoms with Gasteiger partial charge in [-0.1, -0.05) is 19.8 Å². The lowest BCUT2D eigenvalue weighted by molar-refractivity contribution is -0.142. The number of unbranched alkanes of at least 4 members (excludes halogenated alkanes) is 2. The van der Waals surface area contributed by atoms with E-state index in [4.69, 9.17) is 5.73 Å². The summed E-state index contributed by atoms with van der Waals surface area (Å²) < 4.78 is 4.51. The number of ketones is 1. The molecule has 0 rings (SSSR count). The maximum atomic E-state index is 11.0. The van der Waals surface area contributed by atoms with Gasteiger partial charge in [-0.3, -0.25) is 9.59 Å². The lowest BCUT2D eigenvalue weighted by Gasteiger charge is -2.08. The minimum Gasteiger partial charge on any atom is -0.468 e. The Hall–Kier alpha value is -0.900. The third-order valence-corrected chi connectivity index (χ3v) is 2.37. The van der Waals surface area contributed by atoms with E-state index in [2.05, 4.69) is 4.74 Å². The number of hydrogen-bond acceptors (Lipinski definition) is 4. The van der Waals surface area contributed by atoms with E-state index in [0.29, 0.717) is 25.0 Å². The van der Waals surface area contributed by atoms with Gasteiger partial charge in [0.05, 0.1) is 7.11 Å². The zero-order chi connectivity index (χ0) is 11.7. The van der Waals surface area contributed by atoms with Crippen LogP contribution < -0.4 is 5.73 Å². The van der Waals surface area contributed by atoms with Crippen LogP contribution in [0.4, 0.5) is 0 Å². The summed E-state index contributed by atoms with van der Waals surface area (Å²) in [5.41, 5.74) is 5.55. The molecule has 4 heteroatoms. The summed E-state index contributed by atoms with van der Waals surface area (Å²) in [5, 5.41) is 0. The fourth-order valence-corrected chi connectivity index (χ4v) is 1.31. The van der Waals surface area contributed by atoms with Gasteiger partial charge in [0.25, 0.3) is 0 Å². The van der Waals surface area contributed by atoms with Gasteiger partial charge in [-0.05, 0) is 12.8 Å². The predicted molar refractivity (Wildman–Crippen MR) is 58.4 cm³/mol. The normalized spacial score (nSPS) is 12.2. The highest BCUT2D eigenvalue weighted by molar-refractivity contribution is 5.77. The van der Waals surface area contributed by atoms with Crippen molar-refractivity contribution < 1.29 is 14.3 Å². The zero-order valence-corrected chi connectivity index (χ0v) is 9.62. The van der Waals surface area contributed by atoms with Gasteiger partial charge >= 0.3 is 5.97 Å². The lowest BCUT2D eigenvalue weighted by atomic mass is 10.1. The highest BCUT2D eigenvalue weighted by atomic mass is 16.5. The van der Waals surface area contributed by atoms with E-state index in [1.165, 1.54) is 7.11 Å². The van der Waals surface area contributed by atoms with E-state index in [9.17, 15) is 9.59 Å². The van der Waals surface area contributed by atoms with Crippen molar-refractivity contribution in [1.29, 1.82) is 0 Å². The molecule has 0 spiro atoms. The van der Waals surface area contributed by atoms with Crippen LogP contribution in [0.2, 0.25) is 0 Å². The number of carbonyl (C=O) groups is 2. The van der Waals surface area contributed by atoms with Crippen molar-refractivity contribution >= 4 is 11.8 Å². The molecule has 0 fully saturated rings.